The number of thiocarbonyl (C=S) groups is 1. The van der Waals surface area contributed by atoms with Crippen LogP contribution in [0.2, 0.25) is 0 Å². The Morgan fingerprint density at radius 2 is 2.17 bits per heavy atom. The molecule has 0 atom stereocenters. The van der Waals surface area contributed by atoms with Crippen molar-refractivity contribution in [1.29, 1.82) is 0 Å². The normalized spacial score (nSPS) is 11.1. The van der Waals surface area contributed by atoms with Crippen LogP contribution in [-0.2, 0) is 4.79 Å². The van der Waals surface area contributed by atoms with Crippen LogP contribution in [0.5, 0.6) is 5.75 Å². The van der Waals surface area contributed by atoms with Crippen LogP contribution in [0.25, 0.3) is 0 Å². The maximum absolute atomic E-state index is 13.5. The van der Waals surface area contributed by atoms with Gasteiger partial charge in [0, 0.05) is 0 Å². The molecular weight excluding hydrogens is 257 g/mol. The molecule has 0 aliphatic rings. The Kier molecular flexibility index (Phi) is 4.24. The molecule has 0 saturated heterocycles. The zero-order valence-electron chi connectivity index (χ0n) is 10.1. The smallest absolute Gasteiger partial charge is 0.312 e. The largest absolute Gasteiger partial charge is 0.492 e. The summed E-state index contributed by atoms with van der Waals surface area (Å²) in [5.74, 6) is -1.44. The molecule has 0 heterocycles. The summed E-state index contributed by atoms with van der Waals surface area (Å²) in [6.45, 7) is 2.91. The SMILES string of the molecule is CC(C)(COc1cccc(F)c1C(N)=S)C(=O)O. The molecule has 18 heavy (non-hydrogen) atoms. The van der Waals surface area contributed by atoms with Gasteiger partial charge in [-0.25, -0.2) is 4.39 Å². The highest BCUT2D eigenvalue weighted by atomic mass is 32.1. The summed E-state index contributed by atoms with van der Waals surface area (Å²) >= 11 is 4.74. The Morgan fingerprint density at radius 3 is 2.67 bits per heavy atom. The second-order valence-electron chi connectivity index (χ2n) is 4.45. The fourth-order valence-corrected chi connectivity index (χ4v) is 1.38. The van der Waals surface area contributed by atoms with Crippen LogP contribution in [-0.4, -0.2) is 22.7 Å². The van der Waals surface area contributed by atoms with Gasteiger partial charge >= 0.3 is 5.97 Å². The van der Waals surface area contributed by atoms with Gasteiger partial charge in [-0.3, -0.25) is 4.79 Å². The lowest BCUT2D eigenvalue weighted by atomic mass is 9.95. The van der Waals surface area contributed by atoms with E-state index in [9.17, 15) is 9.18 Å². The zero-order chi connectivity index (χ0) is 13.9. The van der Waals surface area contributed by atoms with Crippen molar-refractivity contribution in [2.45, 2.75) is 13.8 Å². The molecule has 0 amide bonds. The Bertz CT molecular complexity index is 488. The van der Waals surface area contributed by atoms with Gasteiger partial charge in [0.05, 0.1) is 11.0 Å². The third kappa shape index (κ3) is 3.16. The van der Waals surface area contributed by atoms with E-state index in [0.29, 0.717) is 0 Å². The van der Waals surface area contributed by atoms with E-state index >= 15 is 0 Å². The van der Waals surface area contributed by atoms with Gasteiger partial charge in [-0.15, -0.1) is 0 Å². The first-order valence-electron chi connectivity index (χ1n) is 5.20. The standard InChI is InChI=1S/C12H14FNO3S/c1-12(2,11(15)16)6-17-8-5-3-4-7(13)9(8)10(14)18/h3-5H,6H2,1-2H3,(H2,14,18)(H,15,16). The predicted molar refractivity (Wildman–Crippen MR) is 69.2 cm³/mol. The minimum absolute atomic E-state index is 0.00584. The molecule has 0 bridgehead atoms. The summed E-state index contributed by atoms with van der Waals surface area (Å²) in [4.78, 5) is 10.8. The van der Waals surface area contributed by atoms with E-state index in [1.807, 2.05) is 0 Å². The zero-order valence-corrected chi connectivity index (χ0v) is 10.9. The number of carboxylic acid groups (broad SMARTS) is 1. The molecule has 0 aliphatic heterocycles. The number of halogens is 1. The van der Waals surface area contributed by atoms with Crippen molar-refractivity contribution in [3.63, 3.8) is 0 Å². The van der Waals surface area contributed by atoms with E-state index in [-0.39, 0.29) is 22.9 Å². The highest BCUT2D eigenvalue weighted by Gasteiger charge is 2.28. The van der Waals surface area contributed by atoms with E-state index in [4.69, 9.17) is 27.8 Å². The summed E-state index contributed by atoms with van der Waals surface area (Å²) in [7, 11) is 0. The van der Waals surface area contributed by atoms with Gasteiger partial charge in [-0.05, 0) is 26.0 Å². The topological polar surface area (TPSA) is 72.5 Å². The Balaban J connectivity index is 2.96. The molecule has 0 fully saturated rings. The van der Waals surface area contributed by atoms with Gasteiger partial charge in [0.15, 0.2) is 0 Å². The number of hydrogen-bond acceptors (Lipinski definition) is 3. The Hall–Kier alpha value is -1.69. The molecular formula is C12H14FNO3S. The Labute approximate surface area is 110 Å². The fourth-order valence-electron chi connectivity index (χ4n) is 1.18. The van der Waals surface area contributed by atoms with Crippen LogP contribution in [0.4, 0.5) is 4.39 Å². The van der Waals surface area contributed by atoms with Crippen LogP contribution in [0.3, 0.4) is 0 Å². The molecule has 1 aromatic carbocycles. The van der Waals surface area contributed by atoms with Crippen LogP contribution in [0.15, 0.2) is 18.2 Å². The number of aliphatic carboxylic acids is 1. The first kappa shape index (κ1) is 14.4. The molecule has 0 unspecified atom stereocenters. The number of hydrogen-bond donors (Lipinski definition) is 2. The molecule has 4 nitrogen and oxygen atoms in total. The second kappa shape index (κ2) is 5.30. The van der Waals surface area contributed by atoms with Gasteiger partial charge < -0.3 is 15.6 Å². The van der Waals surface area contributed by atoms with Gasteiger partial charge in [-0.2, -0.15) is 0 Å². The lowest BCUT2D eigenvalue weighted by molar-refractivity contribution is -0.148. The molecule has 0 aromatic heterocycles. The number of nitrogens with two attached hydrogens (primary N) is 1. The number of ether oxygens (including phenoxy) is 1. The van der Waals surface area contributed by atoms with Gasteiger partial charge in [0.2, 0.25) is 0 Å². The highest BCUT2D eigenvalue weighted by molar-refractivity contribution is 7.80. The van der Waals surface area contributed by atoms with Crippen molar-refractivity contribution in [3.05, 3.63) is 29.6 Å². The molecule has 0 saturated carbocycles. The molecule has 6 heteroatoms. The fraction of sp³-hybridized carbons (Fsp3) is 0.333. The molecule has 1 aromatic rings. The van der Waals surface area contributed by atoms with Crippen molar-refractivity contribution in [2.75, 3.05) is 6.61 Å². The maximum Gasteiger partial charge on any atom is 0.312 e. The number of benzene rings is 1. The van der Waals surface area contributed by atoms with Crippen LogP contribution in [0.1, 0.15) is 19.4 Å². The summed E-state index contributed by atoms with van der Waals surface area (Å²) in [5.41, 5.74) is 4.32. The van der Waals surface area contributed by atoms with Crippen molar-refractivity contribution in [1.82, 2.24) is 0 Å². The molecule has 0 aliphatic carbocycles. The van der Waals surface area contributed by atoms with E-state index in [1.54, 1.807) is 0 Å². The minimum Gasteiger partial charge on any atom is -0.492 e. The van der Waals surface area contributed by atoms with Gasteiger partial charge in [0.25, 0.3) is 0 Å². The van der Waals surface area contributed by atoms with Crippen LogP contribution >= 0.6 is 12.2 Å². The molecule has 3 N–H and O–H groups in total. The van der Waals surface area contributed by atoms with E-state index in [0.717, 1.165) is 0 Å². The molecule has 1 rings (SSSR count). The van der Waals surface area contributed by atoms with Crippen molar-refractivity contribution in [3.8, 4) is 5.75 Å². The Morgan fingerprint density at radius 1 is 1.56 bits per heavy atom. The van der Waals surface area contributed by atoms with Gasteiger partial charge in [-0.1, -0.05) is 18.3 Å². The quantitative estimate of drug-likeness (QED) is 0.801. The predicted octanol–water partition coefficient (Wildman–Crippen LogP) is 1.95. The number of carboxylic acids is 1. The van der Waals surface area contributed by atoms with Gasteiger partial charge in [0.1, 0.15) is 23.2 Å². The van der Waals surface area contributed by atoms with E-state index in [2.05, 4.69) is 0 Å². The maximum atomic E-state index is 13.5. The van der Waals surface area contributed by atoms with Crippen LogP contribution < -0.4 is 10.5 Å². The number of rotatable bonds is 5. The average Bonchev–Trinajstić information content (AvgIpc) is 2.25. The summed E-state index contributed by atoms with van der Waals surface area (Å²) in [5, 5.41) is 8.95. The van der Waals surface area contributed by atoms with Crippen molar-refractivity contribution in [2.24, 2.45) is 11.1 Å². The highest BCUT2D eigenvalue weighted by Crippen LogP contribution is 2.24. The van der Waals surface area contributed by atoms with Crippen molar-refractivity contribution < 1.29 is 19.0 Å². The second-order valence-corrected chi connectivity index (χ2v) is 4.89. The van der Waals surface area contributed by atoms with E-state index in [1.165, 1.54) is 32.0 Å². The van der Waals surface area contributed by atoms with E-state index < -0.39 is 17.2 Å². The average molecular weight is 271 g/mol. The molecule has 98 valence electrons. The third-order valence-corrected chi connectivity index (χ3v) is 2.59. The minimum atomic E-state index is -1.08. The van der Waals surface area contributed by atoms with Crippen LogP contribution in [0, 0.1) is 11.2 Å². The lowest BCUT2D eigenvalue weighted by Crippen LogP contribution is -2.31. The summed E-state index contributed by atoms with van der Waals surface area (Å²) in [6, 6.07) is 4.15. The summed E-state index contributed by atoms with van der Waals surface area (Å²) in [6.07, 6.45) is 0. The molecule has 0 spiro atoms. The van der Waals surface area contributed by atoms with Crippen molar-refractivity contribution >= 4 is 23.2 Å². The summed E-state index contributed by atoms with van der Waals surface area (Å²) < 4.78 is 18.8. The third-order valence-electron chi connectivity index (χ3n) is 2.39. The monoisotopic (exact) mass is 271 g/mol. The molecule has 0 radical (unpaired) electrons. The first-order chi connectivity index (χ1) is 8.25. The lowest BCUT2D eigenvalue weighted by Gasteiger charge is -2.20. The number of carbonyl (C=O) groups is 1. The first-order valence-corrected chi connectivity index (χ1v) is 5.61.